The lowest BCUT2D eigenvalue weighted by Gasteiger charge is -2.23. The van der Waals surface area contributed by atoms with Gasteiger partial charge in [-0.25, -0.2) is 14.4 Å². The summed E-state index contributed by atoms with van der Waals surface area (Å²) in [7, 11) is 0. The van der Waals surface area contributed by atoms with Gasteiger partial charge in [-0.3, -0.25) is 19.0 Å². The van der Waals surface area contributed by atoms with E-state index < -0.39 is 36.5 Å². The lowest BCUT2D eigenvalue weighted by atomic mass is 10.1. The van der Waals surface area contributed by atoms with Crippen LogP contribution in [-0.4, -0.2) is 54.2 Å². The highest BCUT2D eigenvalue weighted by atomic mass is 16.6. The van der Waals surface area contributed by atoms with Gasteiger partial charge in [-0.05, 0) is 6.42 Å². The topological polar surface area (TPSA) is 130 Å². The molecular weight excluding hydrogens is 370 g/mol. The molecule has 4 heterocycles. The highest BCUT2D eigenvalue weighted by molar-refractivity contribution is 5.72. The van der Waals surface area contributed by atoms with Gasteiger partial charge >= 0.3 is 11.9 Å². The molecule has 148 valence electrons. The van der Waals surface area contributed by atoms with Gasteiger partial charge in [-0.1, -0.05) is 6.92 Å². The van der Waals surface area contributed by atoms with Gasteiger partial charge in [-0.15, -0.1) is 0 Å². The molecule has 0 aromatic carbocycles. The number of carbonyl (C=O) groups excluding carboxylic acids is 2. The second kappa shape index (κ2) is 6.75. The third-order valence-corrected chi connectivity index (χ3v) is 4.65. The van der Waals surface area contributed by atoms with Crippen LogP contribution in [0.5, 0.6) is 0 Å². The molecule has 4 atom stereocenters. The fourth-order valence-electron chi connectivity index (χ4n) is 3.53. The van der Waals surface area contributed by atoms with Crippen molar-refractivity contribution < 1.29 is 23.8 Å². The maximum Gasteiger partial charge on any atom is 0.303 e. The van der Waals surface area contributed by atoms with Crippen LogP contribution in [0.4, 0.5) is 0 Å². The minimum Gasteiger partial charge on any atom is -0.456 e. The molecule has 4 rings (SSSR count). The first-order valence-corrected chi connectivity index (χ1v) is 8.82. The van der Waals surface area contributed by atoms with Crippen molar-refractivity contribution >= 4 is 28.9 Å². The van der Waals surface area contributed by atoms with E-state index in [1.165, 1.54) is 37.0 Å². The number of rotatable bonds is 4. The van der Waals surface area contributed by atoms with Crippen LogP contribution in [0.2, 0.25) is 0 Å². The first-order valence-electron chi connectivity index (χ1n) is 8.82. The zero-order valence-corrected chi connectivity index (χ0v) is 15.5. The Balaban J connectivity index is 1.83. The van der Waals surface area contributed by atoms with Crippen molar-refractivity contribution in [2.24, 2.45) is 0 Å². The van der Waals surface area contributed by atoms with E-state index in [9.17, 15) is 14.4 Å². The maximum atomic E-state index is 12.6. The summed E-state index contributed by atoms with van der Waals surface area (Å²) in [5, 5.41) is 0. The number of nitrogens with one attached hydrogen (secondary N) is 1. The summed E-state index contributed by atoms with van der Waals surface area (Å²) in [6, 6.07) is 0. The van der Waals surface area contributed by atoms with Gasteiger partial charge in [0.2, 0.25) is 5.78 Å². The predicted molar refractivity (Wildman–Crippen MR) is 94.4 cm³/mol. The molecule has 3 aromatic heterocycles. The number of ether oxygens (including phenoxy) is 3. The van der Waals surface area contributed by atoms with Crippen molar-refractivity contribution in [1.29, 1.82) is 0 Å². The number of carbonyl (C=O) groups is 2. The van der Waals surface area contributed by atoms with Gasteiger partial charge < -0.3 is 19.2 Å². The molecule has 11 nitrogen and oxygen atoms in total. The van der Waals surface area contributed by atoms with Crippen LogP contribution in [0.25, 0.3) is 16.9 Å². The van der Waals surface area contributed by atoms with Crippen molar-refractivity contribution in [3.8, 4) is 0 Å². The molecule has 0 unspecified atom stereocenters. The van der Waals surface area contributed by atoms with E-state index in [0.717, 1.165) is 0 Å². The number of hydrogen-bond acceptors (Lipinski definition) is 8. The SMILES string of the molecule is CC[C@H]1O[C@@H](n2cnc3c(=O)n4ccnc4[nH]c32)[C@H](OC(C)=O)[C@@H]1OC(C)=O. The second-order valence-corrected chi connectivity index (χ2v) is 6.52. The van der Waals surface area contributed by atoms with Crippen LogP contribution < -0.4 is 5.56 Å². The molecule has 0 amide bonds. The number of aromatic amines is 1. The van der Waals surface area contributed by atoms with Gasteiger partial charge in [0.25, 0.3) is 5.56 Å². The normalized spacial score (nSPS) is 24.7. The van der Waals surface area contributed by atoms with Gasteiger partial charge in [0.15, 0.2) is 24.0 Å². The summed E-state index contributed by atoms with van der Waals surface area (Å²) in [4.78, 5) is 47.2. The Labute approximate surface area is 158 Å². The average Bonchev–Trinajstić information content (AvgIpc) is 3.33. The summed E-state index contributed by atoms with van der Waals surface area (Å²) in [6.07, 6.45) is 1.97. The smallest absolute Gasteiger partial charge is 0.303 e. The first kappa shape index (κ1) is 18.2. The van der Waals surface area contributed by atoms with Gasteiger partial charge in [0, 0.05) is 26.2 Å². The average molecular weight is 389 g/mol. The van der Waals surface area contributed by atoms with E-state index in [4.69, 9.17) is 14.2 Å². The predicted octanol–water partition coefficient (Wildman–Crippen LogP) is 0.543. The molecule has 1 fully saturated rings. The quantitative estimate of drug-likeness (QED) is 0.640. The number of aromatic nitrogens is 5. The van der Waals surface area contributed by atoms with Crippen molar-refractivity contribution in [3.63, 3.8) is 0 Å². The molecule has 0 spiro atoms. The molecule has 1 aliphatic heterocycles. The zero-order chi connectivity index (χ0) is 20.0. The van der Waals surface area contributed by atoms with Gasteiger partial charge in [0.05, 0.1) is 6.33 Å². The molecule has 28 heavy (non-hydrogen) atoms. The summed E-state index contributed by atoms with van der Waals surface area (Å²) in [6.45, 7) is 4.42. The minimum atomic E-state index is -0.900. The Kier molecular flexibility index (Phi) is 4.38. The Bertz CT molecular complexity index is 1110. The lowest BCUT2D eigenvalue weighted by molar-refractivity contribution is -0.165. The van der Waals surface area contributed by atoms with Crippen LogP contribution >= 0.6 is 0 Å². The molecule has 0 bridgehead atoms. The molecule has 1 aliphatic rings. The minimum absolute atomic E-state index is 0.180. The van der Waals surface area contributed by atoms with Gasteiger partial charge in [-0.2, -0.15) is 0 Å². The Morgan fingerprint density at radius 2 is 1.93 bits per heavy atom. The van der Waals surface area contributed by atoms with Crippen molar-refractivity contribution in [2.75, 3.05) is 0 Å². The Morgan fingerprint density at radius 3 is 2.61 bits per heavy atom. The second-order valence-electron chi connectivity index (χ2n) is 6.52. The van der Waals surface area contributed by atoms with Crippen molar-refractivity contribution in [3.05, 3.63) is 29.1 Å². The molecule has 3 aromatic rings. The number of hydrogen-bond donors (Lipinski definition) is 1. The summed E-state index contributed by atoms with van der Waals surface area (Å²) in [5.74, 6) is -0.709. The first-order chi connectivity index (χ1) is 13.4. The molecule has 11 heteroatoms. The van der Waals surface area contributed by atoms with Crippen LogP contribution in [0.3, 0.4) is 0 Å². The fourth-order valence-corrected chi connectivity index (χ4v) is 3.53. The van der Waals surface area contributed by atoms with E-state index in [1.54, 1.807) is 4.57 Å². The maximum absolute atomic E-state index is 12.6. The molecule has 0 radical (unpaired) electrons. The van der Waals surface area contributed by atoms with E-state index in [-0.39, 0.29) is 11.1 Å². The van der Waals surface area contributed by atoms with E-state index in [0.29, 0.717) is 17.8 Å². The number of H-pyrrole nitrogens is 1. The highest BCUT2D eigenvalue weighted by Crippen LogP contribution is 2.36. The molecular formula is C17H19N5O6. The molecule has 1 saturated heterocycles. The molecule has 1 N–H and O–H groups in total. The number of esters is 2. The monoisotopic (exact) mass is 389 g/mol. The van der Waals surface area contributed by atoms with E-state index >= 15 is 0 Å². The third kappa shape index (κ3) is 2.83. The summed E-state index contributed by atoms with van der Waals surface area (Å²) in [5.41, 5.74) is 0.203. The zero-order valence-electron chi connectivity index (χ0n) is 15.5. The van der Waals surface area contributed by atoms with Crippen molar-refractivity contribution in [2.45, 2.75) is 51.7 Å². The van der Waals surface area contributed by atoms with Crippen LogP contribution in [-0.2, 0) is 23.8 Å². The number of fused-ring (bicyclic) bond motifs is 2. The van der Waals surface area contributed by atoms with Crippen LogP contribution in [0.15, 0.2) is 23.5 Å². The Hall–Kier alpha value is -3.21. The Morgan fingerprint density at radius 1 is 1.21 bits per heavy atom. The van der Waals surface area contributed by atoms with E-state index in [2.05, 4.69) is 15.0 Å². The number of nitrogens with zero attached hydrogens (tertiary/aromatic N) is 4. The lowest BCUT2D eigenvalue weighted by Crippen LogP contribution is -2.38. The van der Waals surface area contributed by atoms with E-state index in [1.807, 2.05) is 6.92 Å². The fraction of sp³-hybridized carbons (Fsp3) is 0.471. The van der Waals surface area contributed by atoms with Crippen molar-refractivity contribution in [1.82, 2.24) is 23.9 Å². The standard InChI is InChI=1S/C17H19N5O6/c1-4-10-12(26-8(2)23)13(27-9(3)24)16(28-10)22-7-19-11-14(22)20-17-18-5-6-21(17)15(11)25/h5-7,10,12-13,16H,4H2,1-3H3,(H,18,20)/t10-,12-,13-,16-/m1/s1. The molecule has 0 aliphatic carbocycles. The van der Waals surface area contributed by atoms with Crippen LogP contribution in [0, 0.1) is 0 Å². The van der Waals surface area contributed by atoms with Gasteiger partial charge in [0.1, 0.15) is 11.8 Å². The summed E-state index contributed by atoms with van der Waals surface area (Å²) < 4.78 is 19.8. The molecule has 0 saturated carbocycles. The van der Waals surface area contributed by atoms with Crippen LogP contribution in [0.1, 0.15) is 33.4 Å². The summed E-state index contributed by atoms with van der Waals surface area (Å²) >= 11 is 0. The highest BCUT2D eigenvalue weighted by Gasteiger charge is 2.49. The largest absolute Gasteiger partial charge is 0.456 e. The number of imidazole rings is 2. The third-order valence-electron chi connectivity index (χ3n) is 4.65.